The summed E-state index contributed by atoms with van der Waals surface area (Å²) in [7, 11) is 0. The molecule has 1 fully saturated rings. The van der Waals surface area contributed by atoms with Gasteiger partial charge in [0.2, 0.25) is 11.8 Å². The Labute approximate surface area is 207 Å². The Kier molecular flexibility index (Phi) is 6.65. The van der Waals surface area contributed by atoms with Gasteiger partial charge in [-0.3, -0.25) is 14.6 Å². The zero-order valence-electron chi connectivity index (χ0n) is 19.9. The first-order valence-corrected chi connectivity index (χ1v) is 11.1. The molecule has 2 atom stereocenters. The van der Waals surface area contributed by atoms with Gasteiger partial charge in [0.1, 0.15) is 17.4 Å². The fourth-order valence-electron chi connectivity index (χ4n) is 3.75. The molecule has 0 bridgehead atoms. The van der Waals surface area contributed by atoms with Crippen LogP contribution in [0, 0.1) is 23.5 Å². The Balaban J connectivity index is 1.75. The highest BCUT2D eigenvalue weighted by Gasteiger charge is 2.50. The van der Waals surface area contributed by atoms with Crippen molar-refractivity contribution in [3.63, 3.8) is 0 Å². The van der Waals surface area contributed by atoms with Crippen molar-refractivity contribution in [1.29, 1.82) is 0 Å². The molecule has 1 aliphatic heterocycles. The Bertz CT molecular complexity index is 1350. The van der Waals surface area contributed by atoms with Crippen LogP contribution in [0.5, 0.6) is 5.75 Å². The second-order valence-electron chi connectivity index (χ2n) is 9.10. The van der Waals surface area contributed by atoms with Crippen LogP contribution in [0.1, 0.15) is 20.8 Å². The minimum Gasteiger partial charge on any atom is -0.478 e. The largest absolute Gasteiger partial charge is 0.478 e. The Morgan fingerprint density at radius 1 is 1.11 bits per heavy atom. The van der Waals surface area contributed by atoms with Crippen molar-refractivity contribution >= 4 is 17.6 Å². The normalized spacial score (nSPS) is 18.0. The van der Waals surface area contributed by atoms with E-state index in [1.807, 2.05) is 0 Å². The van der Waals surface area contributed by atoms with E-state index in [2.05, 4.69) is 20.7 Å². The summed E-state index contributed by atoms with van der Waals surface area (Å²) in [6.07, 6.45) is -2.52. The molecular formula is C24H22F5N5O3. The van der Waals surface area contributed by atoms with E-state index >= 15 is 0 Å². The number of ether oxygens (including phenoxy) is 1. The fourth-order valence-corrected chi connectivity index (χ4v) is 3.75. The number of aromatic nitrogens is 3. The number of anilines is 1. The molecule has 3 heterocycles. The number of carbonyl (C=O) groups excluding carboxylic acids is 2. The van der Waals surface area contributed by atoms with Crippen molar-refractivity contribution in [2.24, 2.45) is 11.8 Å². The van der Waals surface area contributed by atoms with Crippen LogP contribution < -0.4 is 15.4 Å². The van der Waals surface area contributed by atoms with Crippen LogP contribution in [0.4, 0.5) is 27.8 Å². The molecule has 4 rings (SSSR count). The molecular weight excluding hydrogens is 501 g/mol. The van der Waals surface area contributed by atoms with Crippen LogP contribution in [0.25, 0.3) is 16.9 Å². The predicted octanol–water partition coefficient (Wildman–Crippen LogP) is 4.25. The first kappa shape index (κ1) is 26.0. The average molecular weight is 523 g/mol. The van der Waals surface area contributed by atoms with Crippen LogP contribution >= 0.6 is 0 Å². The van der Waals surface area contributed by atoms with E-state index < -0.39 is 46.9 Å². The lowest BCUT2D eigenvalue weighted by Crippen LogP contribution is -2.44. The molecule has 1 aromatic carbocycles. The summed E-state index contributed by atoms with van der Waals surface area (Å²) in [5.74, 6) is -4.05. The van der Waals surface area contributed by atoms with E-state index in [1.165, 1.54) is 18.3 Å². The molecule has 1 saturated heterocycles. The SMILES string of the molecule is C[C@H]1C(=O)NC[C@@H]1C(=O)Nc1cc(-c2cc(F)cc(OC(C)(C)C(F)(F)F)c2)n(-c2cncc(F)c2)n1. The maximum absolute atomic E-state index is 14.5. The van der Waals surface area contributed by atoms with E-state index in [1.54, 1.807) is 6.92 Å². The maximum atomic E-state index is 14.5. The number of nitrogens with one attached hydrogen (secondary N) is 2. The molecule has 0 aliphatic carbocycles. The van der Waals surface area contributed by atoms with Crippen LogP contribution in [-0.2, 0) is 9.59 Å². The van der Waals surface area contributed by atoms with E-state index in [4.69, 9.17) is 4.74 Å². The molecule has 2 aromatic heterocycles. The number of carbonyl (C=O) groups is 2. The number of alkyl halides is 3. The van der Waals surface area contributed by atoms with Gasteiger partial charge in [-0.15, -0.1) is 5.10 Å². The van der Waals surface area contributed by atoms with Crippen molar-refractivity contribution in [3.8, 4) is 22.7 Å². The first-order valence-electron chi connectivity index (χ1n) is 11.1. The molecule has 2 N–H and O–H groups in total. The summed E-state index contributed by atoms with van der Waals surface area (Å²) in [4.78, 5) is 28.3. The highest BCUT2D eigenvalue weighted by molar-refractivity contribution is 5.98. The number of amides is 2. The molecule has 0 spiro atoms. The van der Waals surface area contributed by atoms with Crippen LogP contribution in [0.3, 0.4) is 0 Å². The molecule has 196 valence electrons. The zero-order chi connectivity index (χ0) is 27.1. The van der Waals surface area contributed by atoms with E-state index in [0.717, 1.165) is 42.9 Å². The van der Waals surface area contributed by atoms with Gasteiger partial charge in [0.05, 0.1) is 29.7 Å². The monoisotopic (exact) mass is 523 g/mol. The molecule has 13 heteroatoms. The second kappa shape index (κ2) is 9.45. The number of rotatable bonds is 6. The molecule has 0 radical (unpaired) electrons. The van der Waals surface area contributed by atoms with Crippen molar-refractivity contribution in [2.45, 2.75) is 32.5 Å². The first-order chi connectivity index (χ1) is 17.2. The quantitative estimate of drug-likeness (QED) is 0.471. The number of hydrogen-bond donors (Lipinski definition) is 2. The number of benzene rings is 1. The fraction of sp³-hybridized carbons (Fsp3) is 0.333. The van der Waals surface area contributed by atoms with Gasteiger partial charge in [0.25, 0.3) is 0 Å². The number of pyridine rings is 1. The van der Waals surface area contributed by atoms with Crippen molar-refractivity contribution in [3.05, 3.63) is 54.4 Å². The second-order valence-corrected chi connectivity index (χ2v) is 9.10. The Hall–Kier alpha value is -4.03. The molecule has 37 heavy (non-hydrogen) atoms. The summed E-state index contributed by atoms with van der Waals surface area (Å²) in [5, 5.41) is 9.43. The number of nitrogens with zero attached hydrogens (tertiary/aromatic N) is 3. The van der Waals surface area contributed by atoms with Gasteiger partial charge in [-0.2, -0.15) is 13.2 Å². The van der Waals surface area contributed by atoms with Gasteiger partial charge in [0.15, 0.2) is 11.4 Å². The van der Waals surface area contributed by atoms with Crippen molar-refractivity contribution in [1.82, 2.24) is 20.1 Å². The van der Waals surface area contributed by atoms with Crippen LogP contribution in [-0.4, -0.2) is 44.9 Å². The zero-order valence-corrected chi connectivity index (χ0v) is 19.9. The molecule has 0 unspecified atom stereocenters. The summed E-state index contributed by atoms with van der Waals surface area (Å²) in [6.45, 7) is 3.34. The van der Waals surface area contributed by atoms with Gasteiger partial charge in [-0.05, 0) is 26.0 Å². The van der Waals surface area contributed by atoms with Gasteiger partial charge in [-0.25, -0.2) is 13.5 Å². The van der Waals surface area contributed by atoms with Gasteiger partial charge >= 0.3 is 6.18 Å². The topological polar surface area (TPSA) is 98.1 Å². The van der Waals surface area contributed by atoms with E-state index in [9.17, 15) is 31.5 Å². The third-order valence-corrected chi connectivity index (χ3v) is 5.97. The van der Waals surface area contributed by atoms with Gasteiger partial charge < -0.3 is 15.4 Å². The van der Waals surface area contributed by atoms with Gasteiger partial charge in [0, 0.05) is 36.2 Å². The third kappa shape index (κ3) is 5.39. The van der Waals surface area contributed by atoms with Crippen molar-refractivity contribution < 1.29 is 36.3 Å². The van der Waals surface area contributed by atoms with E-state index in [0.29, 0.717) is 0 Å². The third-order valence-electron chi connectivity index (χ3n) is 5.97. The van der Waals surface area contributed by atoms with Crippen LogP contribution in [0.2, 0.25) is 0 Å². The van der Waals surface area contributed by atoms with E-state index in [-0.39, 0.29) is 35.2 Å². The number of hydrogen-bond acceptors (Lipinski definition) is 5. The minimum absolute atomic E-state index is 0.0156. The van der Waals surface area contributed by atoms with Gasteiger partial charge in [-0.1, -0.05) is 6.92 Å². The lowest BCUT2D eigenvalue weighted by Gasteiger charge is -2.29. The van der Waals surface area contributed by atoms with Crippen LogP contribution in [0.15, 0.2) is 42.7 Å². The highest BCUT2D eigenvalue weighted by Crippen LogP contribution is 2.36. The Morgan fingerprint density at radius 3 is 2.46 bits per heavy atom. The number of halogens is 5. The molecule has 1 aliphatic rings. The molecule has 8 nitrogen and oxygen atoms in total. The highest BCUT2D eigenvalue weighted by atomic mass is 19.4. The minimum atomic E-state index is -4.74. The maximum Gasteiger partial charge on any atom is 0.427 e. The smallest absolute Gasteiger partial charge is 0.427 e. The lowest BCUT2D eigenvalue weighted by atomic mass is 9.97. The Morgan fingerprint density at radius 2 is 1.84 bits per heavy atom. The molecule has 0 saturated carbocycles. The summed E-state index contributed by atoms with van der Waals surface area (Å²) in [6, 6.07) is 5.42. The van der Waals surface area contributed by atoms with Crippen molar-refractivity contribution in [2.75, 3.05) is 11.9 Å². The summed E-state index contributed by atoms with van der Waals surface area (Å²) < 4.78 is 74.6. The predicted molar refractivity (Wildman–Crippen MR) is 122 cm³/mol. The summed E-state index contributed by atoms with van der Waals surface area (Å²) >= 11 is 0. The lowest BCUT2D eigenvalue weighted by molar-refractivity contribution is -0.234. The average Bonchev–Trinajstić information content (AvgIpc) is 3.35. The molecule has 3 aromatic rings. The standard InChI is InChI=1S/C24H22F5N5O3/c1-12-18(11-31-21(12)35)22(36)32-20-8-19(34(33-20)16-6-15(26)9-30-10-16)13-4-14(25)7-17(5-13)37-23(2,3)24(27,28)29/h4-10,12,18H,11H2,1-3H3,(H,31,35)(H,32,33,36)/t12-,18+/m1/s1. The molecule has 2 amide bonds. The summed E-state index contributed by atoms with van der Waals surface area (Å²) in [5.41, 5.74) is -2.38.